The topological polar surface area (TPSA) is 67.6 Å². The van der Waals surface area contributed by atoms with Gasteiger partial charge in [-0.1, -0.05) is 0 Å². The van der Waals surface area contributed by atoms with Crippen LogP contribution in [0.1, 0.15) is 45.9 Å². The molecule has 2 fully saturated rings. The van der Waals surface area contributed by atoms with E-state index in [1.807, 2.05) is 38.6 Å². The number of rotatable bonds is 1. The number of carbonyl (C=O) groups excluding carboxylic acids is 1. The average Bonchev–Trinajstić information content (AvgIpc) is 2.99. The van der Waals surface area contributed by atoms with Gasteiger partial charge in [0.25, 0.3) is 0 Å². The quantitative estimate of drug-likeness (QED) is 0.787. The number of hydrogen-bond donors (Lipinski definition) is 1. The van der Waals surface area contributed by atoms with Crippen molar-refractivity contribution in [1.29, 1.82) is 0 Å². The molecule has 1 aromatic rings. The normalized spacial score (nSPS) is 30.3. The minimum atomic E-state index is -0.925. The van der Waals surface area contributed by atoms with Gasteiger partial charge in [-0.05, 0) is 67.8 Å². The second-order valence-corrected chi connectivity index (χ2v) is 8.99. The van der Waals surface area contributed by atoms with Crippen LogP contribution in [-0.4, -0.2) is 44.3 Å². The second-order valence-electron chi connectivity index (χ2n) is 8.18. The molecule has 24 heavy (non-hydrogen) atoms. The summed E-state index contributed by atoms with van der Waals surface area (Å²) < 4.78 is 8.10. The number of nitrogens with zero attached hydrogens (tertiary/aromatic N) is 3. The van der Waals surface area contributed by atoms with Crippen molar-refractivity contribution in [3.63, 3.8) is 0 Å². The van der Waals surface area contributed by atoms with Crippen molar-refractivity contribution in [2.45, 2.75) is 51.2 Å². The SMILES string of the molecule is Cn1cc(Br)nc1C1(O)CCC2CN(C(=O)OC(C)(C)C)CC2C1. The van der Waals surface area contributed by atoms with Crippen LogP contribution >= 0.6 is 15.9 Å². The number of fused-ring (bicyclic) bond motifs is 1. The summed E-state index contributed by atoms with van der Waals surface area (Å²) in [6.07, 6.45) is 3.81. The molecule has 1 aliphatic heterocycles. The first kappa shape index (κ1) is 17.7. The van der Waals surface area contributed by atoms with Crippen molar-refractivity contribution >= 4 is 22.0 Å². The molecule has 7 heteroatoms. The first-order valence-electron chi connectivity index (χ1n) is 8.47. The van der Waals surface area contributed by atoms with Crippen LogP contribution in [0.5, 0.6) is 0 Å². The van der Waals surface area contributed by atoms with Gasteiger partial charge in [0.2, 0.25) is 0 Å². The fraction of sp³-hybridized carbons (Fsp3) is 0.765. The van der Waals surface area contributed by atoms with Crippen molar-refractivity contribution in [2.75, 3.05) is 13.1 Å². The van der Waals surface area contributed by atoms with Crippen molar-refractivity contribution < 1.29 is 14.6 Å². The molecule has 1 saturated carbocycles. The van der Waals surface area contributed by atoms with Crippen LogP contribution in [0.3, 0.4) is 0 Å². The maximum Gasteiger partial charge on any atom is 0.410 e. The Balaban J connectivity index is 1.71. The third-order valence-corrected chi connectivity index (χ3v) is 5.40. The molecule has 3 rings (SSSR count). The Morgan fingerprint density at radius 3 is 2.67 bits per heavy atom. The van der Waals surface area contributed by atoms with Gasteiger partial charge in [0, 0.05) is 26.3 Å². The van der Waals surface area contributed by atoms with E-state index in [1.54, 1.807) is 4.90 Å². The summed E-state index contributed by atoms with van der Waals surface area (Å²) in [7, 11) is 1.90. The molecular weight excluding hydrogens is 374 g/mol. The van der Waals surface area contributed by atoms with Gasteiger partial charge in [-0.25, -0.2) is 9.78 Å². The van der Waals surface area contributed by atoms with E-state index in [1.165, 1.54) is 0 Å². The number of halogens is 1. The standard InChI is InChI=1S/C17H26BrN3O3/c1-16(2,3)24-15(22)21-8-11-5-6-17(23,7-12(11)9-21)14-19-13(18)10-20(14)4/h10-12,23H,5-9H2,1-4H3. The third-order valence-electron chi connectivity index (χ3n) is 5.02. The first-order valence-corrected chi connectivity index (χ1v) is 9.26. The van der Waals surface area contributed by atoms with E-state index in [9.17, 15) is 9.90 Å². The molecule has 1 aliphatic carbocycles. The fourth-order valence-corrected chi connectivity index (χ4v) is 4.47. The lowest BCUT2D eigenvalue weighted by Gasteiger charge is -2.37. The number of aryl methyl sites for hydroxylation is 1. The number of aliphatic hydroxyl groups is 1. The van der Waals surface area contributed by atoms with Gasteiger partial charge in [0.15, 0.2) is 0 Å². The molecule has 1 N–H and O–H groups in total. The minimum absolute atomic E-state index is 0.250. The molecule has 0 spiro atoms. The van der Waals surface area contributed by atoms with Crippen LogP contribution < -0.4 is 0 Å². The first-order chi connectivity index (χ1) is 11.1. The maximum atomic E-state index is 12.3. The highest BCUT2D eigenvalue weighted by molar-refractivity contribution is 9.10. The lowest BCUT2D eigenvalue weighted by atomic mass is 9.73. The zero-order valence-corrected chi connectivity index (χ0v) is 16.3. The molecule has 3 atom stereocenters. The summed E-state index contributed by atoms with van der Waals surface area (Å²) in [5, 5.41) is 11.2. The lowest BCUT2D eigenvalue weighted by molar-refractivity contribution is -0.0395. The van der Waals surface area contributed by atoms with Crippen molar-refractivity contribution in [1.82, 2.24) is 14.5 Å². The van der Waals surface area contributed by atoms with Gasteiger partial charge in [-0.2, -0.15) is 0 Å². The predicted molar refractivity (Wildman–Crippen MR) is 93.4 cm³/mol. The Morgan fingerprint density at radius 1 is 1.42 bits per heavy atom. The van der Waals surface area contributed by atoms with Crippen LogP contribution in [0.2, 0.25) is 0 Å². The number of carbonyl (C=O) groups is 1. The molecule has 3 unspecified atom stereocenters. The van der Waals surface area contributed by atoms with Crippen molar-refractivity contribution in [3.05, 3.63) is 16.6 Å². The molecule has 2 aliphatic rings. The average molecular weight is 400 g/mol. The van der Waals surface area contributed by atoms with E-state index < -0.39 is 11.2 Å². The van der Waals surface area contributed by atoms with E-state index >= 15 is 0 Å². The smallest absolute Gasteiger partial charge is 0.410 e. The Labute approximate surface area is 151 Å². The highest BCUT2D eigenvalue weighted by Gasteiger charge is 2.48. The van der Waals surface area contributed by atoms with Crippen molar-refractivity contribution in [3.8, 4) is 0 Å². The Bertz CT molecular complexity index is 640. The summed E-state index contributed by atoms with van der Waals surface area (Å²) in [5.74, 6) is 1.41. The molecule has 0 radical (unpaired) electrons. The van der Waals surface area contributed by atoms with Crippen LogP contribution in [0.25, 0.3) is 0 Å². The number of hydrogen-bond acceptors (Lipinski definition) is 4. The molecule has 1 saturated heterocycles. The molecule has 0 aromatic carbocycles. The zero-order valence-electron chi connectivity index (χ0n) is 14.8. The minimum Gasteiger partial charge on any atom is -0.444 e. The maximum absolute atomic E-state index is 12.3. The molecular formula is C17H26BrN3O3. The Hall–Kier alpha value is -1.08. The van der Waals surface area contributed by atoms with Crippen LogP contribution in [0, 0.1) is 11.8 Å². The van der Waals surface area contributed by atoms with Crippen LogP contribution in [0.4, 0.5) is 4.79 Å². The van der Waals surface area contributed by atoms with Crippen molar-refractivity contribution in [2.24, 2.45) is 18.9 Å². The highest BCUT2D eigenvalue weighted by atomic mass is 79.9. The summed E-state index contributed by atoms with van der Waals surface area (Å²) in [4.78, 5) is 18.6. The number of aromatic nitrogens is 2. The zero-order chi connectivity index (χ0) is 17.7. The van der Waals surface area contributed by atoms with E-state index in [-0.39, 0.29) is 12.0 Å². The molecule has 0 bridgehead atoms. The number of ether oxygens (including phenoxy) is 1. The van der Waals surface area contributed by atoms with Gasteiger partial charge in [-0.15, -0.1) is 0 Å². The van der Waals surface area contributed by atoms with Gasteiger partial charge >= 0.3 is 6.09 Å². The summed E-state index contributed by atoms with van der Waals surface area (Å²) >= 11 is 3.37. The van der Waals surface area contributed by atoms with E-state index in [4.69, 9.17) is 4.74 Å². The van der Waals surface area contributed by atoms with Gasteiger partial charge < -0.3 is 19.3 Å². The summed E-state index contributed by atoms with van der Waals surface area (Å²) in [6, 6.07) is 0. The Morgan fingerprint density at radius 2 is 2.08 bits per heavy atom. The number of amides is 1. The lowest BCUT2D eigenvalue weighted by Crippen LogP contribution is -2.38. The molecule has 1 aromatic heterocycles. The Kier molecular flexibility index (Phi) is 4.45. The number of likely N-dealkylation sites (tertiary alicyclic amines) is 1. The van der Waals surface area contributed by atoms with Gasteiger partial charge in [0.1, 0.15) is 21.6 Å². The molecule has 2 heterocycles. The molecule has 6 nitrogen and oxygen atoms in total. The van der Waals surface area contributed by atoms with E-state index in [0.717, 1.165) is 17.6 Å². The van der Waals surface area contributed by atoms with Crippen LogP contribution in [-0.2, 0) is 17.4 Å². The largest absolute Gasteiger partial charge is 0.444 e. The molecule has 134 valence electrons. The monoisotopic (exact) mass is 399 g/mol. The number of imidazole rings is 1. The van der Waals surface area contributed by atoms with Gasteiger partial charge in [-0.3, -0.25) is 0 Å². The predicted octanol–water partition coefficient (Wildman–Crippen LogP) is 3.04. The fourth-order valence-electron chi connectivity index (χ4n) is 4.00. The van der Waals surface area contributed by atoms with E-state index in [2.05, 4.69) is 20.9 Å². The van der Waals surface area contributed by atoms with Gasteiger partial charge in [0.05, 0.1) is 0 Å². The second kappa shape index (κ2) is 6.02. The summed E-state index contributed by atoms with van der Waals surface area (Å²) in [5.41, 5.74) is -1.41. The van der Waals surface area contributed by atoms with Crippen LogP contribution in [0.15, 0.2) is 10.8 Å². The van der Waals surface area contributed by atoms with E-state index in [0.29, 0.717) is 31.1 Å². The highest BCUT2D eigenvalue weighted by Crippen LogP contribution is 2.45. The molecule has 1 amide bonds. The summed E-state index contributed by atoms with van der Waals surface area (Å²) in [6.45, 7) is 7.01. The third kappa shape index (κ3) is 3.47.